The molecule has 0 bridgehead atoms. The molecule has 1 aliphatic rings. The molecule has 0 atom stereocenters. The molecule has 40 heavy (non-hydrogen) atoms. The van der Waals surface area contributed by atoms with Gasteiger partial charge in [-0.15, -0.1) is 0 Å². The predicted molar refractivity (Wildman–Crippen MR) is 160 cm³/mol. The highest BCUT2D eigenvalue weighted by Crippen LogP contribution is 2.24. The number of ether oxygens (including phenoxy) is 1. The largest absolute Gasteiger partial charge is 0.497 e. The summed E-state index contributed by atoms with van der Waals surface area (Å²) in [5.74, 6) is 1.00. The number of hydrogen-bond donors (Lipinski definition) is 2. The van der Waals surface area contributed by atoms with Gasteiger partial charge < -0.3 is 24.3 Å². The van der Waals surface area contributed by atoms with Gasteiger partial charge in [0.2, 0.25) is 0 Å². The van der Waals surface area contributed by atoms with Crippen molar-refractivity contribution in [2.24, 2.45) is 0 Å². The monoisotopic (exact) mass is 574 g/mol. The topological polar surface area (TPSA) is 87.0 Å². The van der Waals surface area contributed by atoms with Crippen LogP contribution in [0.5, 0.6) is 5.75 Å². The van der Waals surface area contributed by atoms with Crippen molar-refractivity contribution in [1.29, 1.82) is 0 Å². The smallest absolute Gasteiger partial charge is 0.293 e. The first-order chi connectivity index (χ1) is 19.4. The molecule has 2 amide bonds. The molecular weight excluding hydrogens is 548 g/mol. The first-order valence-electron chi connectivity index (χ1n) is 12.7. The molecular formula is C30H27ClN4O4S. The van der Waals surface area contributed by atoms with Crippen LogP contribution in [0.25, 0.3) is 11.3 Å². The van der Waals surface area contributed by atoms with E-state index < -0.39 is 5.91 Å². The normalized spacial score (nSPS) is 13.1. The van der Waals surface area contributed by atoms with Crippen molar-refractivity contribution >= 4 is 52.1 Å². The Hall–Kier alpha value is -4.34. The number of nitrogens with zero attached hydrogens (tertiary/aromatic N) is 2. The number of amides is 2. The molecule has 1 saturated heterocycles. The third-order valence-corrected chi connectivity index (χ3v) is 7.04. The van der Waals surface area contributed by atoms with Gasteiger partial charge in [0.15, 0.2) is 10.9 Å². The second-order valence-electron chi connectivity index (χ2n) is 9.13. The molecule has 10 heteroatoms. The van der Waals surface area contributed by atoms with Crippen molar-refractivity contribution < 1.29 is 18.7 Å². The van der Waals surface area contributed by atoms with E-state index in [1.54, 1.807) is 55.6 Å². The molecule has 1 fully saturated rings. The van der Waals surface area contributed by atoms with Gasteiger partial charge in [0.05, 0.1) is 7.11 Å². The van der Waals surface area contributed by atoms with Gasteiger partial charge in [0, 0.05) is 53.7 Å². The second kappa shape index (κ2) is 12.2. The molecule has 2 N–H and O–H groups in total. The van der Waals surface area contributed by atoms with Crippen LogP contribution in [0.1, 0.15) is 20.9 Å². The van der Waals surface area contributed by atoms with Crippen LogP contribution in [0.3, 0.4) is 0 Å². The summed E-state index contributed by atoms with van der Waals surface area (Å²) in [5.41, 5.74) is 3.25. The highest BCUT2D eigenvalue weighted by molar-refractivity contribution is 7.80. The number of benzene rings is 3. The summed E-state index contributed by atoms with van der Waals surface area (Å²) in [5, 5.41) is 6.45. The average molecular weight is 575 g/mol. The Morgan fingerprint density at radius 1 is 0.875 bits per heavy atom. The summed E-state index contributed by atoms with van der Waals surface area (Å²) in [6.07, 6.45) is 0. The SMILES string of the molecule is COc1ccc(C(=O)N2CCN(c3ccc(NC(=S)NC(=O)c4ccc(-c5ccc(Cl)cc5)o4)cc3)CC2)cc1. The summed E-state index contributed by atoms with van der Waals surface area (Å²) in [4.78, 5) is 29.5. The lowest BCUT2D eigenvalue weighted by Crippen LogP contribution is -2.48. The number of anilines is 2. The van der Waals surface area contributed by atoms with Crippen molar-refractivity contribution in [3.63, 3.8) is 0 Å². The summed E-state index contributed by atoms with van der Waals surface area (Å²) in [7, 11) is 1.60. The number of thiocarbonyl (C=S) groups is 1. The van der Waals surface area contributed by atoms with E-state index in [2.05, 4.69) is 15.5 Å². The molecule has 0 aliphatic carbocycles. The lowest BCUT2D eigenvalue weighted by Gasteiger charge is -2.36. The van der Waals surface area contributed by atoms with Gasteiger partial charge in [0.1, 0.15) is 11.5 Å². The lowest BCUT2D eigenvalue weighted by atomic mass is 10.1. The third kappa shape index (κ3) is 6.44. The minimum absolute atomic E-state index is 0.0214. The van der Waals surface area contributed by atoms with E-state index in [0.29, 0.717) is 29.4 Å². The zero-order valence-corrected chi connectivity index (χ0v) is 23.3. The number of carbonyl (C=O) groups is 2. The van der Waals surface area contributed by atoms with E-state index in [4.69, 9.17) is 33.0 Å². The zero-order valence-electron chi connectivity index (χ0n) is 21.7. The van der Waals surface area contributed by atoms with Crippen LogP contribution < -0.4 is 20.3 Å². The van der Waals surface area contributed by atoms with E-state index in [0.717, 1.165) is 35.8 Å². The van der Waals surface area contributed by atoms with Crippen molar-refractivity contribution in [3.05, 3.63) is 101 Å². The van der Waals surface area contributed by atoms with Gasteiger partial charge in [-0.25, -0.2) is 0 Å². The third-order valence-electron chi connectivity index (χ3n) is 6.58. The standard InChI is InChI=1S/C30H27ClN4O4S/c1-38-25-12-4-21(5-13-25)29(37)35-18-16-34(17-19-35)24-10-8-23(9-11-24)32-30(40)33-28(36)27-15-14-26(39-27)20-2-6-22(31)7-3-20/h2-15H,16-19H2,1H3,(H2,32,33,36,40). The van der Waals surface area contributed by atoms with Crippen molar-refractivity contribution in [1.82, 2.24) is 10.2 Å². The molecule has 5 rings (SSSR count). The lowest BCUT2D eigenvalue weighted by molar-refractivity contribution is 0.0746. The van der Waals surface area contributed by atoms with Crippen LogP contribution in [0, 0.1) is 0 Å². The van der Waals surface area contributed by atoms with Crippen molar-refractivity contribution in [2.45, 2.75) is 0 Å². The van der Waals surface area contributed by atoms with Gasteiger partial charge in [-0.3, -0.25) is 14.9 Å². The molecule has 0 saturated carbocycles. The Bertz CT molecular complexity index is 1500. The number of rotatable bonds is 6. The molecule has 1 aliphatic heterocycles. The number of hydrogen-bond acceptors (Lipinski definition) is 6. The van der Waals surface area contributed by atoms with E-state index >= 15 is 0 Å². The maximum atomic E-state index is 12.8. The average Bonchev–Trinajstić information content (AvgIpc) is 3.48. The number of furan rings is 1. The number of methoxy groups -OCH3 is 1. The van der Waals surface area contributed by atoms with Gasteiger partial charge in [-0.1, -0.05) is 11.6 Å². The first kappa shape index (κ1) is 27.2. The fourth-order valence-corrected chi connectivity index (χ4v) is 4.73. The predicted octanol–water partition coefficient (Wildman–Crippen LogP) is 5.70. The molecule has 0 unspecified atom stereocenters. The maximum absolute atomic E-state index is 12.8. The van der Waals surface area contributed by atoms with Crippen molar-refractivity contribution in [2.75, 3.05) is 43.5 Å². The minimum atomic E-state index is -0.448. The quantitative estimate of drug-likeness (QED) is 0.286. The second-order valence-corrected chi connectivity index (χ2v) is 9.98. The first-order valence-corrected chi connectivity index (χ1v) is 13.4. The fraction of sp³-hybridized carbons (Fsp3) is 0.167. The van der Waals surface area contributed by atoms with Crippen molar-refractivity contribution in [3.8, 4) is 17.1 Å². The highest BCUT2D eigenvalue weighted by Gasteiger charge is 2.22. The number of nitrogens with one attached hydrogen (secondary N) is 2. The highest BCUT2D eigenvalue weighted by atomic mass is 35.5. The molecule has 0 spiro atoms. The van der Waals surface area contributed by atoms with Crippen LogP contribution in [0.4, 0.5) is 11.4 Å². The van der Waals surface area contributed by atoms with E-state index in [1.807, 2.05) is 41.3 Å². The molecule has 1 aromatic heterocycles. The Labute approximate surface area is 242 Å². The molecule has 204 valence electrons. The number of carbonyl (C=O) groups excluding carboxylic acids is 2. The van der Waals surface area contributed by atoms with Crippen LogP contribution in [0.15, 0.2) is 89.3 Å². The summed E-state index contributed by atoms with van der Waals surface area (Å²) in [6, 6.07) is 25.4. The summed E-state index contributed by atoms with van der Waals surface area (Å²) >= 11 is 11.3. The summed E-state index contributed by atoms with van der Waals surface area (Å²) in [6.45, 7) is 2.72. The maximum Gasteiger partial charge on any atom is 0.293 e. The van der Waals surface area contributed by atoms with E-state index in [9.17, 15) is 9.59 Å². The van der Waals surface area contributed by atoms with Crippen LogP contribution >= 0.6 is 23.8 Å². The minimum Gasteiger partial charge on any atom is -0.497 e. The Kier molecular flexibility index (Phi) is 8.33. The summed E-state index contributed by atoms with van der Waals surface area (Å²) < 4.78 is 10.9. The van der Waals surface area contributed by atoms with Gasteiger partial charge in [-0.2, -0.15) is 0 Å². The number of halogens is 1. The molecule has 3 aromatic carbocycles. The zero-order chi connectivity index (χ0) is 28.1. The fourth-order valence-electron chi connectivity index (χ4n) is 4.40. The number of piperazine rings is 1. The van der Waals surface area contributed by atoms with E-state index in [-0.39, 0.29) is 16.8 Å². The van der Waals surface area contributed by atoms with Gasteiger partial charge in [0.25, 0.3) is 11.8 Å². The Morgan fingerprint density at radius 2 is 1.55 bits per heavy atom. The molecule has 2 heterocycles. The van der Waals surface area contributed by atoms with Crippen LogP contribution in [-0.2, 0) is 0 Å². The molecule has 4 aromatic rings. The Balaban J connectivity index is 1.10. The van der Waals surface area contributed by atoms with Gasteiger partial charge >= 0.3 is 0 Å². The van der Waals surface area contributed by atoms with Gasteiger partial charge in [-0.05, 0) is 97.1 Å². The molecule has 8 nitrogen and oxygen atoms in total. The van der Waals surface area contributed by atoms with Crippen LogP contribution in [0.2, 0.25) is 5.02 Å². The van der Waals surface area contributed by atoms with Crippen LogP contribution in [-0.4, -0.2) is 55.1 Å². The molecule has 0 radical (unpaired) electrons. The van der Waals surface area contributed by atoms with E-state index in [1.165, 1.54) is 0 Å². The Morgan fingerprint density at radius 3 is 2.20 bits per heavy atom.